The second-order valence-corrected chi connectivity index (χ2v) is 10.2. The van der Waals surface area contributed by atoms with Crippen molar-refractivity contribution in [3.63, 3.8) is 0 Å². The van der Waals surface area contributed by atoms with Crippen molar-refractivity contribution in [1.82, 2.24) is 14.8 Å². The maximum absolute atomic E-state index is 13.9. The van der Waals surface area contributed by atoms with Gasteiger partial charge in [-0.2, -0.15) is 10.4 Å². The Bertz CT molecular complexity index is 1430. The lowest BCUT2D eigenvalue weighted by Crippen LogP contribution is -2.26. The summed E-state index contributed by atoms with van der Waals surface area (Å²) in [5, 5.41) is 19.1. The molecule has 1 aliphatic rings. The highest BCUT2D eigenvalue weighted by molar-refractivity contribution is 5.99. The molecule has 35 heavy (non-hydrogen) atoms. The van der Waals surface area contributed by atoms with E-state index in [4.69, 9.17) is 4.74 Å². The zero-order valence-corrected chi connectivity index (χ0v) is 20.3. The van der Waals surface area contributed by atoms with Crippen molar-refractivity contribution in [2.75, 3.05) is 7.11 Å². The average molecular weight is 473 g/mol. The molecule has 1 aliphatic carbocycles. The van der Waals surface area contributed by atoms with Crippen molar-refractivity contribution in [3.05, 3.63) is 59.7 Å². The van der Waals surface area contributed by atoms with Crippen LogP contribution in [0.2, 0.25) is 0 Å². The lowest BCUT2D eigenvalue weighted by molar-refractivity contribution is -0.146. The van der Waals surface area contributed by atoms with E-state index in [1.54, 1.807) is 18.3 Å². The van der Waals surface area contributed by atoms with Gasteiger partial charge in [0.25, 0.3) is 0 Å². The Labute approximate surface area is 203 Å². The summed E-state index contributed by atoms with van der Waals surface area (Å²) in [6.45, 7) is 4.20. The molecule has 7 heteroatoms. The number of hydrogen-bond acceptors (Lipinski definition) is 4. The quantitative estimate of drug-likeness (QED) is 0.346. The largest absolute Gasteiger partial charge is 0.469 e. The lowest BCUT2D eigenvalue weighted by Gasteiger charge is -2.32. The molecular weight excluding hydrogens is 443 g/mol. The molecule has 1 fully saturated rings. The van der Waals surface area contributed by atoms with Gasteiger partial charge < -0.3 is 9.30 Å². The first-order valence-electron chi connectivity index (χ1n) is 12.1. The summed E-state index contributed by atoms with van der Waals surface area (Å²) in [4.78, 5) is 12.2. The number of hydrogen-bond donors (Lipinski definition) is 1. The Morgan fingerprint density at radius 3 is 2.60 bits per heavy atom. The molecule has 0 spiro atoms. The number of nitrogens with zero attached hydrogens (tertiary/aromatic N) is 3. The molecule has 0 radical (unpaired) electrons. The van der Waals surface area contributed by atoms with E-state index in [1.807, 2.05) is 0 Å². The van der Waals surface area contributed by atoms with Gasteiger partial charge in [0.1, 0.15) is 5.82 Å². The molecule has 2 aromatic heterocycles. The number of methoxy groups -OCH3 is 1. The zero-order chi connectivity index (χ0) is 24.7. The number of benzene rings is 2. The number of aromatic amines is 1. The van der Waals surface area contributed by atoms with Gasteiger partial charge in [0.05, 0.1) is 36.3 Å². The fourth-order valence-corrected chi connectivity index (χ4v) is 5.75. The van der Waals surface area contributed by atoms with Crippen molar-refractivity contribution >= 4 is 27.8 Å². The lowest BCUT2D eigenvalue weighted by atomic mass is 9.74. The fraction of sp³-hybridized carbons (Fsp3) is 0.393. The first kappa shape index (κ1) is 23.1. The maximum atomic E-state index is 13.9. The number of carbonyl (C=O) groups is 1. The predicted octanol–water partition coefficient (Wildman–Crippen LogP) is 6.28. The number of aromatic nitrogens is 3. The van der Waals surface area contributed by atoms with Gasteiger partial charge >= 0.3 is 5.97 Å². The van der Waals surface area contributed by atoms with Crippen molar-refractivity contribution in [1.29, 1.82) is 5.26 Å². The third kappa shape index (κ3) is 3.97. The molecule has 180 valence electrons. The number of rotatable bonds is 5. The van der Waals surface area contributed by atoms with Crippen LogP contribution in [-0.2, 0) is 14.9 Å². The van der Waals surface area contributed by atoms with E-state index in [0.717, 1.165) is 58.9 Å². The van der Waals surface area contributed by atoms with Crippen molar-refractivity contribution in [3.8, 4) is 11.8 Å². The Morgan fingerprint density at radius 2 is 1.94 bits per heavy atom. The summed E-state index contributed by atoms with van der Waals surface area (Å²) < 4.78 is 21.1. The fourth-order valence-electron chi connectivity index (χ4n) is 5.75. The van der Waals surface area contributed by atoms with Crippen LogP contribution in [0.25, 0.3) is 27.5 Å². The van der Waals surface area contributed by atoms with Crippen LogP contribution < -0.4 is 0 Å². The van der Waals surface area contributed by atoms with Crippen LogP contribution in [-0.4, -0.2) is 27.8 Å². The molecule has 0 saturated heterocycles. The average Bonchev–Trinajstić information content (AvgIpc) is 3.45. The van der Waals surface area contributed by atoms with Gasteiger partial charge in [0.2, 0.25) is 0 Å². The molecule has 5 rings (SSSR count). The van der Waals surface area contributed by atoms with E-state index in [1.165, 1.54) is 24.8 Å². The molecule has 2 heterocycles. The summed E-state index contributed by atoms with van der Waals surface area (Å²) in [6.07, 6.45) is 5.40. The number of esters is 1. The summed E-state index contributed by atoms with van der Waals surface area (Å²) in [5.41, 5.74) is 4.64. The number of fused-ring (bicyclic) bond motifs is 2. The van der Waals surface area contributed by atoms with Crippen LogP contribution in [0.5, 0.6) is 0 Å². The first-order valence-corrected chi connectivity index (χ1v) is 12.1. The van der Waals surface area contributed by atoms with Crippen molar-refractivity contribution < 1.29 is 13.9 Å². The number of nitriles is 1. The summed E-state index contributed by atoms with van der Waals surface area (Å²) in [6, 6.07) is 13.2. The van der Waals surface area contributed by atoms with E-state index in [-0.39, 0.29) is 23.6 Å². The highest BCUT2D eigenvalue weighted by Crippen LogP contribution is 2.47. The number of H-pyrrole nitrogens is 1. The van der Waals surface area contributed by atoms with Gasteiger partial charge in [-0.25, -0.2) is 4.39 Å². The Hall–Kier alpha value is -3.66. The van der Waals surface area contributed by atoms with E-state index < -0.39 is 5.41 Å². The topological polar surface area (TPSA) is 83.7 Å². The van der Waals surface area contributed by atoms with Crippen LogP contribution in [0.15, 0.2) is 42.6 Å². The van der Waals surface area contributed by atoms with Crippen LogP contribution in [0.3, 0.4) is 0 Å². The van der Waals surface area contributed by atoms with Crippen LogP contribution in [0, 0.1) is 23.1 Å². The zero-order valence-electron chi connectivity index (χ0n) is 20.3. The molecule has 0 amide bonds. The minimum atomic E-state index is -0.456. The van der Waals surface area contributed by atoms with Crippen LogP contribution >= 0.6 is 0 Å². The molecule has 0 bridgehead atoms. The Balaban J connectivity index is 1.78. The molecule has 1 saturated carbocycles. The normalized spacial score (nSPS) is 18.6. The molecule has 2 aromatic carbocycles. The highest BCUT2D eigenvalue weighted by atomic mass is 19.1. The third-order valence-corrected chi connectivity index (χ3v) is 7.48. The van der Waals surface area contributed by atoms with Gasteiger partial charge in [-0.1, -0.05) is 13.8 Å². The number of halogens is 1. The summed E-state index contributed by atoms with van der Waals surface area (Å²) in [7, 11) is 1.45. The minimum Gasteiger partial charge on any atom is -0.469 e. The number of nitrogens with one attached hydrogen (secondary N) is 1. The second kappa shape index (κ2) is 8.84. The maximum Gasteiger partial charge on any atom is 0.308 e. The molecule has 4 aromatic rings. The van der Waals surface area contributed by atoms with Crippen molar-refractivity contribution in [2.24, 2.45) is 5.92 Å². The Kier molecular flexibility index (Phi) is 5.84. The van der Waals surface area contributed by atoms with Crippen LogP contribution in [0.4, 0.5) is 4.39 Å². The predicted molar refractivity (Wildman–Crippen MR) is 133 cm³/mol. The molecule has 0 aliphatic heterocycles. The second-order valence-electron chi connectivity index (χ2n) is 10.2. The van der Waals surface area contributed by atoms with Crippen molar-refractivity contribution in [2.45, 2.75) is 57.3 Å². The van der Waals surface area contributed by atoms with Crippen LogP contribution in [0.1, 0.15) is 63.1 Å². The van der Waals surface area contributed by atoms with Gasteiger partial charge in [-0.05, 0) is 73.6 Å². The molecule has 1 N–H and O–H groups in total. The smallest absolute Gasteiger partial charge is 0.308 e. The summed E-state index contributed by atoms with van der Waals surface area (Å²) in [5.74, 6) is -0.270. The van der Waals surface area contributed by atoms with Gasteiger partial charge in [-0.3, -0.25) is 9.89 Å². The SMILES string of the molecule is COC(=O)C1CCC(c2c(C(C)(C)CC#N)n(-c3ccc(F)cc3)c3cc4cn[nH]c4cc23)CC1. The number of ether oxygens (including phenoxy) is 1. The molecule has 0 unspecified atom stereocenters. The highest BCUT2D eigenvalue weighted by Gasteiger charge is 2.37. The van der Waals surface area contributed by atoms with E-state index >= 15 is 0 Å². The van der Waals surface area contributed by atoms with Gasteiger partial charge in [0, 0.05) is 34.0 Å². The Morgan fingerprint density at radius 1 is 1.23 bits per heavy atom. The standard InChI is InChI=1S/C28H29FN4O2/c1-28(2,12-13-30)26-25(17-4-6-18(7-5-17)27(34)35-3)22-15-23-19(16-31-32-23)14-24(22)33(26)21-10-8-20(29)9-11-21/h8-11,14-18H,4-7,12H2,1-3H3,(H,31,32). The number of carbonyl (C=O) groups excluding carboxylic acids is 1. The summed E-state index contributed by atoms with van der Waals surface area (Å²) >= 11 is 0. The van der Waals surface area contributed by atoms with E-state index in [0.29, 0.717) is 6.42 Å². The monoisotopic (exact) mass is 472 g/mol. The third-order valence-electron chi connectivity index (χ3n) is 7.48. The van der Waals surface area contributed by atoms with Gasteiger partial charge in [0.15, 0.2) is 0 Å². The molecular formula is C28H29FN4O2. The van der Waals surface area contributed by atoms with Gasteiger partial charge in [-0.15, -0.1) is 0 Å². The molecule has 0 atom stereocenters. The molecule has 6 nitrogen and oxygen atoms in total. The van der Waals surface area contributed by atoms with E-state index in [2.05, 4.69) is 46.8 Å². The minimum absolute atomic E-state index is 0.0726. The van der Waals surface area contributed by atoms with E-state index in [9.17, 15) is 14.4 Å². The first-order chi connectivity index (χ1) is 16.8.